The van der Waals surface area contributed by atoms with E-state index >= 15 is 0 Å². The molecular weight excluding hydrogens is 268 g/mol. The van der Waals surface area contributed by atoms with Crippen LogP contribution in [-0.2, 0) is 11.3 Å². The van der Waals surface area contributed by atoms with Crippen molar-refractivity contribution in [3.63, 3.8) is 0 Å². The SMILES string of the molecule is COc1ccnc(CN(C)C(=O)[C@H](C)n2ccnc2C)c1. The van der Waals surface area contributed by atoms with Gasteiger partial charge in [0.25, 0.3) is 0 Å². The lowest BCUT2D eigenvalue weighted by atomic mass is 10.2. The van der Waals surface area contributed by atoms with Crippen LogP contribution in [-0.4, -0.2) is 39.5 Å². The van der Waals surface area contributed by atoms with E-state index in [0.29, 0.717) is 6.54 Å². The van der Waals surface area contributed by atoms with Crippen LogP contribution < -0.4 is 4.74 Å². The monoisotopic (exact) mass is 288 g/mol. The molecule has 0 aromatic carbocycles. The summed E-state index contributed by atoms with van der Waals surface area (Å²) in [5.74, 6) is 1.57. The third-order valence-electron chi connectivity index (χ3n) is 3.44. The van der Waals surface area contributed by atoms with Gasteiger partial charge in [-0.15, -0.1) is 0 Å². The molecule has 0 saturated carbocycles. The number of pyridine rings is 1. The zero-order valence-corrected chi connectivity index (χ0v) is 12.8. The van der Waals surface area contributed by atoms with Crippen molar-refractivity contribution < 1.29 is 9.53 Å². The number of rotatable bonds is 5. The lowest BCUT2D eigenvalue weighted by Gasteiger charge is -2.22. The standard InChI is InChI=1S/C15H20N4O2/c1-11(19-8-7-16-12(19)2)15(20)18(3)10-13-9-14(21-4)5-6-17-13/h5-9,11H,10H2,1-4H3/t11-/m0/s1. The Labute approximate surface area is 124 Å². The summed E-state index contributed by atoms with van der Waals surface area (Å²) in [5, 5.41) is 0. The maximum atomic E-state index is 12.5. The topological polar surface area (TPSA) is 60.2 Å². The molecule has 0 N–H and O–H groups in total. The first-order valence-corrected chi connectivity index (χ1v) is 6.76. The molecule has 0 radical (unpaired) electrons. The Kier molecular flexibility index (Phi) is 4.57. The first-order valence-electron chi connectivity index (χ1n) is 6.76. The lowest BCUT2D eigenvalue weighted by Crippen LogP contribution is -2.33. The summed E-state index contributed by atoms with van der Waals surface area (Å²) >= 11 is 0. The fourth-order valence-corrected chi connectivity index (χ4v) is 2.23. The molecule has 0 bridgehead atoms. The summed E-state index contributed by atoms with van der Waals surface area (Å²) in [6.45, 7) is 4.19. The highest BCUT2D eigenvalue weighted by molar-refractivity contribution is 5.79. The largest absolute Gasteiger partial charge is 0.497 e. The van der Waals surface area contributed by atoms with Gasteiger partial charge >= 0.3 is 0 Å². The molecule has 21 heavy (non-hydrogen) atoms. The van der Waals surface area contributed by atoms with Gasteiger partial charge in [0, 0.05) is 31.7 Å². The molecule has 1 amide bonds. The predicted molar refractivity (Wildman–Crippen MR) is 78.9 cm³/mol. The van der Waals surface area contributed by atoms with E-state index in [9.17, 15) is 4.79 Å². The minimum Gasteiger partial charge on any atom is -0.497 e. The van der Waals surface area contributed by atoms with E-state index < -0.39 is 0 Å². The molecule has 2 heterocycles. The Morgan fingerprint density at radius 2 is 2.19 bits per heavy atom. The summed E-state index contributed by atoms with van der Waals surface area (Å²) in [6.07, 6.45) is 5.19. The number of carbonyl (C=O) groups excluding carboxylic acids is 1. The molecule has 0 fully saturated rings. The molecule has 112 valence electrons. The lowest BCUT2D eigenvalue weighted by molar-refractivity contribution is -0.133. The number of amides is 1. The number of aryl methyl sites for hydroxylation is 1. The quantitative estimate of drug-likeness (QED) is 0.842. The van der Waals surface area contributed by atoms with Crippen molar-refractivity contribution in [3.05, 3.63) is 42.2 Å². The molecule has 0 aliphatic carbocycles. The first kappa shape index (κ1) is 15.0. The van der Waals surface area contributed by atoms with Crippen LogP contribution in [0.4, 0.5) is 0 Å². The molecule has 1 atom stereocenters. The van der Waals surface area contributed by atoms with Crippen molar-refractivity contribution in [1.82, 2.24) is 19.4 Å². The molecule has 0 unspecified atom stereocenters. The van der Waals surface area contributed by atoms with Crippen LogP contribution in [0.25, 0.3) is 0 Å². The van der Waals surface area contributed by atoms with Crippen LogP contribution in [0.1, 0.15) is 24.5 Å². The first-order chi connectivity index (χ1) is 10.0. The minimum absolute atomic E-state index is 0.0146. The van der Waals surface area contributed by atoms with E-state index in [2.05, 4.69) is 9.97 Å². The molecule has 0 saturated heterocycles. The van der Waals surface area contributed by atoms with Crippen molar-refractivity contribution in [3.8, 4) is 5.75 Å². The molecule has 2 aromatic rings. The van der Waals surface area contributed by atoms with E-state index in [1.807, 2.05) is 30.7 Å². The predicted octanol–water partition coefficient (Wildman–Crippen LogP) is 1.81. The second kappa shape index (κ2) is 6.39. The second-order valence-corrected chi connectivity index (χ2v) is 4.94. The second-order valence-electron chi connectivity index (χ2n) is 4.94. The molecule has 6 nitrogen and oxygen atoms in total. The van der Waals surface area contributed by atoms with E-state index in [1.165, 1.54) is 0 Å². The van der Waals surface area contributed by atoms with Gasteiger partial charge in [0.05, 0.1) is 19.3 Å². The summed E-state index contributed by atoms with van der Waals surface area (Å²) in [7, 11) is 3.38. The zero-order valence-electron chi connectivity index (χ0n) is 12.8. The Morgan fingerprint density at radius 1 is 1.43 bits per heavy atom. The van der Waals surface area contributed by atoms with Crippen LogP contribution in [0.5, 0.6) is 5.75 Å². The average Bonchev–Trinajstić information content (AvgIpc) is 2.92. The molecule has 0 aliphatic rings. The van der Waals surface area contributed by atoms with Crippen LogP contribution >= 0.6 is 0 Å². The maximum Gasteiger partial charge on any atom is 0.245 e. The Balaban J connectivity index is 2.07. The molecule has 0 spiro atoms. The molecular formula is C15H20N4O2. The third-order valence-corrected chi connectivity index (χ3v) is 3.44. The van der Waals surface area contributed by atoms with E-state index in [0.717, 1.165) is 17.3 Å². The Bertz CT molecular complexity index is 624. The third kappa shape index (κ3) is 3.39. The number of aromatic nitrogens is 3. The highest BCUT2D eigenvalue weighted by Crippen LogP contribution is 2.15. The van der Waals surface area contributed by atoms with E-state index in [4.69, 9.17) is 4.74 Å². The van der Waals surface area contributed by atoms with Gasteiger partial charge in [-0.3, -0.25) is 9.78 Å². The maximum absolute atomic E-state index is 12.5. The number of hydrogen-bond acceptors (Lipinski definition) is 4. The number of methoxy groups -OCH3 is 1. The number of hydrogen-bond donors (Lipinski definition) is 0. The number of ether oxygens (including phenoxy) is 1. The van der Waals surface area contributed by atoms with Gasteiger partial charge in [0.1, 0.15) is 17.6 Å². The van der Waals surface area contributed by atoms with Crippen molar-refractivity contribution in [2.75, 3.05) is 14.2 Å². The van der Waals surface area contributed by atoms with Crippen LogP contribution in [0.2, 0.25) is 0 Å². The van der Waals surface area contributed by atoms with Gasteiger partial charge in [0.2, 0.25) is 5.91 Å². The summed E-state index contributed by atoms with van der Waals surface area (Å²) < 4.78 is 7.02. The number of imidazole rings is 1. The van der Waals surface area contributed by atoms with Gasteiger partial charge < -0.3 is 14.2 Å². The van der Waals surface area contributed by atoms with Gasteiger partial charge in [-0.1, -0.05) is 0 Å². The number of carbonyl (C=O) groups is 1. The van der Waals surface area contributed by atoms with Crippen LogP contribution in [0.3, 0.4) is 0 Å². The van der Waals surface area contributed by atoms with E-state index in [1.54, 1.807) is 37.5 Å². The average molecular weight is 288 g/mol. The van der Waals surface area contributed by atoms with Gasteiger partial charge in [-0.25, -0.2) is 4.98 Å². The molecule has 0 aliphatic heterocycles. The fourth-order valence-electron chi connectivity index (χ4n) is 2.23. The van der Waals surface area contributed by atoms with Crippen LogP contribution in [0.15, 0.2) is 30.7 Å². The molecule has 6 heteroatoms. The van der Waals surface area contributed by atoms with Gasteiger partial charge in [-0.2, -0.15) is 0 Å². The van der Waals surface area contributed by atoms with Gasteiger partial charge in [-0.05, 0) is 19.9 Å². The number of likely N-dealkylation sites (N-methyl/N-ethyl adjacent to an activating group) is 1. The summed E-state index contributed by atoms with van der Waals surface area (Å²) in [6, 6.07) is 3.32. The van der Waals surface area contributed by atoms with Crippen molar-refractivity contribution in [1.29, 1.82) is 0 Å². The van der Waals surface area contributed by atoms with Gasteiger partial charge in [0.15, 0.2) is 0 Å². The summed E-state index contributed by atoms with van der Waals surface area (Å²) in [5.41, 5.74) is 0.791. The highest BCUT2D eigenvalue weighted by atomic mass is 16.5. The molecule has 2 rings (SSSR count). The minimum atomic E-state index is -0.289. The van der Waals surface area contributed by atoms with Crippen molar-refractivity contribution >= 4 is 5.91 Å². The Hall–Kier alpha value is -2.37. The smallest absolute Gasteiger partial charge is 0.245 e. The van der Waals surface area contributed by atoms with Crippen molar-refractivity contribution in [2.24, 2.45) is 0 Å². The van der Waals surface area contributed by atoms with Crippen LogP contribution in [0, 0.1) is 6.92 Å². The fraction of sp³-hybridized carbons (Fsp3) is 0.400. The molecule has 2 aromatic heterocycles. The normalized spacial score (nSPS) is 12.0. The van der Waals surface area contributed by atoms with Crippen molar-refractivity contribution in [2.45, 2.75) is 26.4 Å². The number of nitrogens with zero attached hydrogens (tertiary/aromatic N) is 4. The zero-order chi connectivity index (χ0) is 15.4. The Morgan fingerprint density at radius 3 is 2.81 bits per heavy atom. The highest BCUT2D eigenvalue weighted by Gasteiger charge is 2.20. The summed E-state index contributed by atoms with van der Waals surface area (Å²) in [4.78, 5) is 22.5. The van der Waals surface area contributed by atoms with E-state index in [-0.39, 0.29) is 11.9 Å².